The maximum absolute atomic E-state index is 3.78. The first-order valence-electron chi connectivity index (χ1n) is 17.8. The third-order valence-corrected chi connectivity index (χ3v) is 11.4. The number of para-hydroxylation sites is 1. The van der Waals surface area contributed by atoms with Gasteiger partial charge in [0.25, 0.3) is 0 Å². The molecule has 52 heavy (non-hydrogen) atoms. The zero-order valence-electron chi connectivity index (χ0n) is 28.9. The summed E-state index contributed by atoms with van der Waals surface area (Å²) in [6.45, 7) is 0. The van der Waals surface area contributed by atoms with E-state index in [0.29, 0.717) is 0 Å². The summed E-state index contributed by atoms with van der Waals surface area (Å²) in [4.78, 5) is 2.40. The predicted molar refractivity (Wildman–Crippen MR) is 222 cm³/mol. The molecule has 0 saturated carbocycles. The van der Waals surface area contributed by atoms with Crippen LogP contribution in [0.25, 0.3) is 44.5 Å². The van der Waals surface area contributed by atoms with Gasteiger partial charge in [0.05, 0.1) is 5.41 Å². The highest BCUT2D eigenvalue weighted by Crippen LogP contribution is 2.59. The summed E-state index contributed by atoms with van der Waals surface area (Å²) >= 11 is 3.78. The Morgan fingerprint density at radius 1 is 0.365 bits per heavy atom. The van der Waals surface area contributed by atoms with Crippen LogP contribution in [0.4, 0.5) is 11.4 Å². The predicted octanol–water partition coefficient (Wildman–Crippen LogP) is 13.6. The fraction of sp³-hybridized carbons (Fsp3) is 0.0400. The first-order chi connectivity index (χ1) is 25.7. The monoisotopic (exact) mass is 729 g/mol. The van der Waals surface area contributed by atoms with Crippen molar-refractivity contribution in [2.24, 2.45) is 0 Å². The molecule has 2 heteroatoms. The average molecular weight is 731 g/mol. The molecular weight excluding hydrogens is 694 g/mol. The van der Waals surface area contributed by atoms with Crippen LogP contribution in [0.1, 0.15) is 22.3 Å². The molecule has 8 aromatic carbocycles. The maximum atomic E-state index is 3.78. The molecule has 248 valence electrons. The fourth-order valence-electron chi connectivity index (χ4n) is 8.38. The minimum atomic E-state index is -0.489. The van der Waals surface area contributed by atoms with E-state index in [1.54, 1.807) is 0 Å². The van der Waals surface area contributed by atoms with E-state index in [0.717, 1.165) is 10.2 Å². The number of rotatable bonds is 7. The molecule has 0 unspecified atom stereocenters. The molecule has 0 atom stereocenters. The van der Waals surface area contributed by atoms with Gasteiger partial charge in [-0.05, 0) is 73.8 Å². The third kappa shape index (κ3) is 5.14. The van der Waals surface area contributed by atoms with Crippen molar-refractivity contribution in [2.45, 2.75) is 5.41 Å². The van der Waals surface area contributed by atoms with Crippen molar-refractivity contribution in [3.8, 4) is 44.5 Å². The number of anilines is 2. The molecule has 1 nitrogen and oxygen atoms in total. The summed E-state index contributed by atoms with van der Waals surface area (Å²) in [5.74, 6) is 0. The highest BCUT2D eigenvalue weighted by molar-refractivity contribution is 9.10. The lowest BCUT2D eigenvalue weighted by molar-refractivity contribution is 0.767. The standard InChI is InChI=1S/C50H36BrN/c1-52(47-29-15-12-22-40(47)36-33-31-35(32-34-36)39-21-8-9-23-41(39)43-25-11-14-28-46(43)51)48-30-16-26-44-42-24-10-13-27-45(42)50(49(44)48,37-17-4-2-5-18-37)38-19-6-3-7-20-38/h2-34H,1H3. The molecule has 0 N–H and O–H groups in total. The molecule has 1 aliphatic carbocycles. The lowest BCUT2D eigenvalue weighted by Crippen LogP contribution is -2.30. The molecule has 0 aliphatic heterocycles. The van der Waals surface area contributed by atoms with Crippen LogP contribution in [0.15, 0.2) is 205 Å². The summed E-state index contributed by atoms with van der Waals surface area (Å²) in [5, 5.41) is 0. The Labute approximate surface area is 314 Å². The molecule has 0 heterocycles. The minimum absolute atomic E-state index is 0.489. The molecule has 0 radical (unpaired) electrons. The van der Waals surface area contributed by atoms with Gasteiger partial charge in [-0.15, -0.1) is 0 Å². The van der Waals surface area contributed by atoms with Crippen LogP contribution in [0.2, 0.25) is 0 Å². The second kappa shape index (κ2) is 13.3. The second-order valence-corrected chi connectivity index (χ2v) is 14.3. The van der Waals surface area contributed by atoms with Crippen molar-refractivity contribution in [3.05, 3.63) is 227 Å². The lowest BCUT2D eigenvalue weighted by Gasteiger charge is -2.37. The maximum Gasteiger partial charge on any atom is 0.0734 e. The second-order valence-electron chi connectivity index (χ2n) is 13.4. The van der Waals surface area contributed by atoms with Crippen molar-refractivity contribution >= 4 is 27.3 Å². The third-order valence-electron chi connectivity index (χ3n) is 10.7. The van der Waals surface area contributed by atoms with E-state index < -0.39 is 5.41 Å². The summed E-state index contributed by atoms with van der Waals surface area (Å²) in [5.41, 5.74) is 16.7. The molecular formula is C50H36BrN. The van der Waals surface area contributed by atoms with E-state index in [-0.39, 0.29) is 0 Å². The molecule has 9 rings (SSSR count). The van der Waals surface area contributed by atoms with Gasteiger partial charge in [0.15, 0.2) is 0 Å². The Balaban J connectivity index is 1.18. The first-order valence-corrected chi connectivity index (χ1v) is 18.6. The summed E-state index contributed by atoms with van der Waals surface area (Å²) in [7, 11) is 2.22. The molecule has 0 spiro atoms. The van der Waals surface area contributed by atoms with Crippen molar-refractivity contribution in [3.63, 3.8) is 0 Å². The van der Waals surface area contributed by atoms with E-state index in [1.165, 1.54) is 72.4 Å². The summed E-state index contributed by atoms with van der Waals surface area (Å²) in [6.07, 6.45) is 0. The Bertz CT molecular complexity index is 2500. The number of halogens is 1. The van der Waals surface area contributed by atoms with Crippen LogP contribution < -0.4 is 4.90 Å². The lowest BCUT2D eigenvalue weighted by atomic mass is 9.67. The molecule has 0 amide bonds. The van der Waals surface area contributed by atoms with Crippen LogP contribution in [0.3, 0.4) is 0 Å². The Morgan fingerprint density at radius 3 is 1.48 bits per heavy atom. The number of fused-ring (bicyclic) bond motifs is 3. The van der Waals surface area contributed by atoms with Crippen molar-refractivity contribution in [2.75, 3.05) is 11.9 Å². The molecule has 0 fully saturated rings. The Morgan fingerprint density at radius 2 is 0.827 bits per heavy atom. The SMILES string of the molecule is CN(c1ccccc1-c1ccc(-c2ccccc2-c2ccccc2Br)cc1)c1cccc2c1C(c1ccccc1)(c1ccccc1)c1ccccc1-2. The minimum Gasteiger partial charge on any atom is -0.344 e. The van der Waals surface area contributed by atoms with E-state index in [2.05, 4.69) is 228 Å². The van der Waals surface area contributed by atoms with Crippen LogP contribution in [-0.2, 0) is 5.41 Å². The van der Waals surface area contributed by atoms with Gasteiger partial charge < -0.3 is 4.90 Å². The first kappa shape index (κ1) is 32.0. The number of nitrogens with zero attached hydrogens (tertiary/aromatic N) is 1. The quantitative estimate of drug-likeness (QED) is 0.158. The van der Waals surface area contributed by atoms with Crippen LogP contribution in [-0.4, -0.2) is 7.05 Å². The molecule has 0 aromatic heterocycles. The van der Waals surface area contributed by atoms with Gasteiger partial charge in [-0.1, -0.05) is 198 Å². The molecule has 0 bridgehead atoms. The summed E-state index contributed by atoms with van der Waals surface area (Å²) in [6, 6.07) is 72.8. The highest BCUT2D eigenvalue weighted by Gasteiger charge is 2.48. The van der Waals surface area contributed by atoms with E-state index in [9.17, 15) is 0 Å². The normalized spacial score (nSPS) is 12.6. The largest absolute Gasteiger partial charge is 0.344 e. The summed E-state index contributed by atoms with van der Waals surface area (Å²) < 4.78 is 1.09. The zero-order valence-corrected chi connectivity index (χ0v) is 30.5. The van der Waals surface area contributed by atoms with Gasteiger partial charge in [0.2, 0.25) is 0 Å². The number of hydrogen-bond acceptors (Lipinski definition) is 1. The number of hydrogen-bond donors (Lipinski definition) is 0. The van der Waals surface area contributed by atoms with Crippen molar-refractivity contribution in [1.82, 2.24) is 0 Å². The Hall–Kier alpha value is -5.96. The van der Waals surface area contributed by atoms with E-state index in [4.69, 9.17) is 0 Å². The van der Waals surface area contributed by atoms with Crippen molar-refractivity contribution < 1.29 is 0 Å². The van der Waals surface area contributed by atoms with Gasteiger partial charge in [-0.25, -0.2) is 0 Å². The number of benzene rings is 8. The van der Waals surface area contributed by atoms with Gasteiger partial charge in [0.1, 0.15) is 0 Å². The smallest absolute Gasteiger partial charge is 0.0734 e. The van der Waals surface area contributed by atoms with Gasteiger partial charge in [0, 0.05) is 34.0 Å². The van der Waals surface area contributed by atoms with Gasteiger partial charge >= 0.3 is 0 Å². The average Bonchev–Trinajstić information content (AvgIpc) is 3.53. The van der Waals surface area contributed by atoms with Crippen LogP contribution >= 0.6 is 15.9 Å². The Kier molecular flexibility index (Phi) is 8.18. The topological polar surface area (TPSA) is 3.24 Å². The van der Waals surface area contributed by atoms with E-state index >= 15 is 0 Å². The molecule has 0 saturated heterocycles. The van der Waals surface area contributed by atoms with Gasteiger partial charge in [-0.2, -0.15) is 0 Å². The highest BCUT2D eigenvalue weighted by atomic mass is 79.9. The van der Waals surface area contributed by atoms with Crippen LogP contribution in [0, 0.1) is 0 Å². The van der Waals surface area contributed by atoms with Crippen LogP contribution in [0.5, 0.6) is 0 Å². The van der Waals surface area contributed by atoms with Crippen molar-refractivity contribution in [1.29, 1.82) is 0 Å². The molecule has 8 aromatic rings. The zero-order chi connectivity index (χ0) is 35.1. The fourth-order valence-corrected chi connectivity index (χ4v) is 8.88. The van der Waals surface area contributed by atoms with Gasteiger partial charge in [-0.3, -0.25) is 0 Å². The molecule has 1 aliphatic rings. The van der Waals surface area contributed by atoms with E-state index in [1.807, 2.05) is 0 Å².